The van der Waals surface area contributed by atoms with Gasteiger partial charge in [-0.25, -0.2) is 14.0 Å². The Labute approximate surface area is 187 Å². The smallest absolute Gasteiger partial charge is 0.416 e. The molecule has 0 atom stereocenters. The van der Waals surface area contributed by atoms with Crippen molar-refractivity contribution in [3.63, 3.8) is 0 Å². The summed E-state index contributed by atoms with van der Waals surface area (Å²) in [5.41, 5.74) is 0.422. The third-order valence-corrected chi connectivity index (χ3v) is 5.22. The van der Waals surface area contributed by atoms with Crippen molar-refractivity contribution in [2.75, 3.05) is 20.8 Å². The zero-order valence-corrected chi connectivity index (χ0v) is 17.9. The monoisotopic (exact) mass is 463 g/mol. The Bertz CT molecular complexity index is 1040. The molecule has 9 heteroatoms. The minimum absolute atomic E-state index is 0.0688. The summed E-state index contributed by atoms with van der Waals surface area (Å²) >= 11 is 0. The molecular weight excluding hydrogens is 442 g/mol. The van der Waals surface area contributed by atoms with Crippen molar-refractivity contribution < 1.29 is 36.6 Å². The first-order chi connectivity index (χ1) is 15.6. The van der Waals surface area contributed by atoms with Crippen molar-refractivity contribution in [1.82, 2.24) is 4.90 Å². The Morgan fingerprint density at radius 1 is 0.879 bits per heavy atom. The highest BCUT2D eigenvalue weighted by Crippen LogP contribution is 2.38. The molecule has 1 aliphatic heterocycles. The number of ether oxygens (including phenoxy) is 2. The summed E-state index contributed by atoms with van der Waals surface area (Å²) < 4.78 is 61.8. The third kappa shape index (κ3) is 5.60. The van der Waals surface area contributed by atoms with Gasteiger partial charge in [-0.05, 0) is 41.8 Å². The molecule has 2 aromatic carbocycles. The Kier molecular flexibility index (Phi) is 7.20. The molecule has 0 bridgehead atoms. The second-order valence-corrected chi connectivity index (χ2v) is 7.32. The fraction of sp³-hybridized carbons (Fsp3) is 0.250. The van der Waals surface area contributed by atoms with Gasteiger partial charge in [0.15, 0.2) is 0 Å². The van der Waals surface area contributed by atoms with Gasteiger partial charge in [-0.15, -0.1) is 0 Å². The summed E-state index contributed by atoms with van der Waals surface area (Å²) in [5.74, 6) is -2.81. The van der Waals surface area contributed by atoms with E-state index >= 15 is 0 Å². The number of carbonyl (C=O) groups excluding carboxylic acids is 2. The first-order valence-corrected chi connectivity index (χ1v) is 9.91. The maximum Gasteiger partial charge on any atom is 0.416 e. The van der Waals surface area contributed by atoms with E-state index in [1.165, 1.54) is 50.9 Å². The lowest BCUT2D eigenvalue weighted by Gasteiger charge is -2.30. The van der Waals surface area contributed by atoms with E-state index in [0.29, 0.717) is 18.5 Å². The number of hydrogen-bond donors (Lipinski definition) is 0. The number of methoxy groups -OCH3 is 2. The van der Waals surface area contributed by atoms with Crippen LogP contribution in [0.4, 0.5) is 17.6 Å². The maximum atomic E-state index is 13.1. The molecule has 5 nitrogen and oxygen atoms in total. The summed E-state index contributed by atoms with van der Waals surface area (Å²) in [5, 5.41) is 0. The standard InChI is InChI=1S/C24H21F4NO4/c1-32-22(30)19-13-29(12-11-15-3-9-18(25)10-4-15)14-20(23(31)33-2)21(19)16-5-7-17(8-6-16)24(26,27)28/h3-10,13-14,21H,11-12H2,1-2H3. The molecule has 33 heavy (non-hydrogen) atoms. The van der Waals surface area contributed by atoms with E-state index in [-0.39, 0.29) is 17.0 Å². The molecule has 0 spiro atoms. The van der Waals surface area contributed by atoms with Gasteiger partial charge in [0.2, 0.25) is 0 Å². The Balaban J connectivity index is 1.97. The van der Waals surface area contributed by atoms with E-state index in [0.717, 1.165) is 17.7 Å². The molecule has 0 amide bonds. The van der Waals surface area contributed by atoms with Crippen LogP contribution in [-0.2, 0) is 31.7 Å². The Morgan fingerprint density at radius 3 is 1.85 bits per heavy atom. The molecule has 2 aromatic rings. The molecule has 0 saturated heterocycles. The predicted octanol–water partition coefficient (Wildman–Crippen LogP) is 4.60. The van der Waals surface area contributed by atoms with Gasteiger partial charge in [0.1, 0.15) is 5.82 Å². The molecule has 0 N–H and O–H groups in total. The van der Waals surface area contributed by atoms with Crippen molar-refractivity contribution in [2.45, 2.75) is 18.5 Å². The molecule has 174 valence electrons. The second-order valence-electron chi connectivity index (χ2n) is 7.32. The van der Waals surface area contributed by atoms with Crippen LogP contribution in [0.5, 0.6) is 0 Å². The topological polar surface area (TPSA) is 55.8 Å². The van der Waals surface area contributed by atoms with E-state index in [2.05, 4.69) is 0 Å². The van der Waals surface area contributed by atoms with Crippen LogP contribution < -0.4 is 0 Å². The molecule has 1 heterocycles. The average molecular weight is 463 g/mol. The summed E-state index contributed by atoms with van der Waals surface area (Å²) in [6, 6.07) is 10.1. The van der Waals surface area contributed by atoms with Gasteiger partial charge in [0.25, 0.3) is 0 Å². The van der Waals surface area contributed by atoms with Crippen LogP contribution in [0.25, 0.3) is 0 Å². The normalized spacial score (nSPS) is 14.4. The molecule has 0 radical (unpaired) electrons. The number of benzene rings is 2. The van der Waals surface area contributed by atoms with Gasteiger partial charge in [0.05, 0.1) is 36.8 Å². The molecule has 3 rings (SSSR count). The minimum atomic E-state index is -4.52. The molecule has 0 aliphatic carbocycles. The van der Waals surface area contributed by atoms with Gasteiger partial charge in [-0.1, -0.05) is 24.3 Å². The largest absolute Gasteiger partial charge is 0.466 e. The van der Waals surface area contributed by atoms with Crippen molar-refractivity contribution in [2.24, 2.45) is 0 Å². The first kappa shape index (κ1) is 24.0. The summed E-state index contributed by atoms with van der Waals surface area (Å²) in [6.07, 6.45) is -1.07. The lowest BCUT2D eigenvalue weighted by molar-refractivity contribution is -0.138. The number of nitrogens with zero attached hydrogens (tertiary/aromatic N) is 1. The SMILES string of the molecule is COC(=O)C1=CN(CCc2ccc(F)cc2)C=C(C(=O)OC)C1c1ccc(C(F)(F)F)cc1. The highest BCUT2D eigenvalue weighted by atomic mass is 19.4. The summed E-state index contributed by atoms with van der Waals surface area (Å²) in [7, 11) is 2.35. The van der Waals surface area contributed by atoms with Crippen LogP contribution >= 0.6 is 0 Å². The quantitative estimate of drug-likeness (QED) is 0.463. The average Bonchev–Trinajstić information content (AvgIpc) is 2.81. The Hall–Kier alpha value is -3.62. The molecule has 0 aromatic heterocycles. The lowest BCUT2D eigenvalue weighted by Crippen LogP contribution is -2.29. The van der Waals surface area contributed by atoms with Crippen LogP contribution in [0.2, 0.25) is 0 Å². The van der Waals surface area contributed by atoms with Crippen molar-refractivity contribution >= 4 is 11.9 Å². The zero-order chi connectivity index (χ0) is 24.2. The number of esters is 2. The zero-order valence-electron chi connectivity index (χ0n) is 17.9. The van der Waals surface area contributed by atoms with Crippen LogP contribution in [0.15, 0.2) is 72.1 Å². The van der Waals surface area contributed by atoms with Gasteiger partial charge >= 0.3 is 18.1 Å². The Morgan fingerprint density at radius 2 is 1.39 bits per heavy atom. The number of rotatable bonds is 6. The van der Waals surface area contributed by atoms with Crippen molar-refractivity contribution in [3.05, 3.63) is 94.6 Å². The van der Waals surface area contributed by atoms with Crippen LogP contribution in [0, 0.1) is 5.82 Å². The van der Waals surface area contributed by atoms with E-state index < -0.39 is 29.6 Å². The molecule has 1 aliphatic rings. The van der Waals surface area contributed by atoms with Crippen LogP contribution in [-0.4, -0.2) is 37.6 Å². The van der Waals surface area contributed by atoms with Gasteiger partial charge in [-0.2, -0.15) is 13.2 Å². The van der Waals surface area contributed by atoms with Gasteiger partial charge in [0, 0.05) is 18.9 Å². The second kappa shape index (κ2) is 9.89. The van der Waals surface area contributed by atoms with Crippen LogP contribution in [0.1, 0.15) is 22.6 Å². The number of alkyl halides is 3. The fourth-order valence-corrected chi connectivity index (χ4v) is 3.55. The molecule has 0 fully saturated rings. The third-order valence-electron chi connectivity index (χ3n) is 5.22. The molecular formula is C24H21F4NO4. The van der Waals surface area contributed by atoms with Gasteiger partial charge < -0.3 is 14.4 Å². The summed E-state index contributed by atoms with van der Waals surface area (Å²) in [6.45, 7) is 0.340. The maximum absolute atomic E-state index is 13.1. The minimum Gasteiger partial charge on any atom is -0.466 e. The molecule has 0 saturated carbocycles. The summed E-state index contributed by atoms with van der Waals surface area (Å²) in [4.78, 5) is 26.7. The fourth-order valence-electron chi connectivity index (χ4n) is 3.55. The van der Waals surface area contributed by atoms with E-state index in [4.69, 9.17) is 9.47 Å². The van der Waals surface area contributed by atoms with Crippen molar-refractivity contribution in [1.29, 1.82) is 0 Å². The molecule has 0 unspecified atom stereocenters. The van der Waals surface area contributed by atoms with E-state index in [9.17, 15) is 27.2 Å². The highest BCUT2D eigenvalue weighted by Gasteiger charge is 2.36. The predicted molar refractivity (Wildman–Crippen MR) is 111 cm³/mol. The lowest BCUT2D eigenvalue weighted by atomic mass is 9.83. The van der Waals surface area contributed by atoms with E-state index in [1.54, 1.807) is 17.0 Å². The van der Waals surface area contributed by atoms with Gasteiger partial charge in [-0.3, -0.25) is 0 Å². The van der Waals surface area contributed by atoms with Crippen LogP contribution in [0.3, 0.4) is 0 Å². The first-order valence-electron chi connectivity index (χ1n) is 9.91. The number of halogens is 4. The number of hydrogen-bond acceptors (Lipinski definition) is 5. The van der Waals surface area contributed by atoms with E-state index in [1.807, 2.05) is 0 Å². The number of carbonyl (C=O) groups is 2. The highest BCUT2D eigenvalue weighted by molar-refractivity contribution is 5.98. The van der Waals surface area contributed by atoms with Crippen molar-refractivity contribution in [3.8, 4) is 0 Å².